The zero-order chi connectivity index (χ0) is 33.5. The molecule has 3 aromatic rings. The summed E-state index contributed by atoms with van der Waals surface area (Å²) in [5.74, 6) is 1.95. The lowest BCUT2D eigenvalue weighted by Gasteiger charge is -2.43. The van der Waals surface area contributed by atoms with Gasteiger partial charge in [0.05, 0.1) is 27.4 Å². The maximum absolute atomic E-state index is 12.3. The first-order valence-electron chi connectivity index (χ1n) is 16.8. The average molecular weight is 697 g/mol. The lowest BCUT2D eigenvalue weighted by atomic mass is 9.65. The van der Waals surface area contributed by atoms with Gasteiger partial charge in [0.25, 0.3) is 0 Å². The van der Waals surface area contributed by atoms with Crippen molar-refractivity contribution < 1.29 is 44.5 Å². The molecule has 0 unspecified atom stereocenters. The summed E-state index contributed by atoms with van der Waals surface area (Å²) in [6, 6.07) is 10.6. The van der Waals surface area contributed by atoms with Crippen molar-refractivity contribution >= 4 is 21.6 Å². The Hall–Kier alpha value is -2.96. The Labute approximate surface area is 289 Å². The highest BCUT2D eigenvalue weighted by Crippen LogP contribution is 2.60. The normalized spacial score (nSPS) is 27.7. The third-order valence-electron chi connectivity index (χ3n) is 10.7. The summed E-state index contributed by atoms with van der Waals surface area (Å²) in [7, 11) is 6.64. The van der Waals surface area contributed by atoms with Crippen molar-refractivity contribution in [2.75, 3.05) is 39.8 Å². The summed E-state index contributed by atoms with van der Waals surface area (Å²) >= 11 is 0. The Morgan fingerprint density at radius 3 is 2.42 bits per heavy atom. The van der Waals surface area contributed by atoms with Crippen LogP contribution in [0.1, 0.15) is 84.6 Å². The number of phenolic OH excluding ortho intramolecular Hbond substituents is 2. The predicted molar refractivity (Wildman–Crippen MR) is 187 cm³/mol. The molecule has 0 aromatic heterocycles. The molecule has 4 aliphatic rings. The first kappa shape index (κ1) is 33.5. The highest BCUT2D eigenvalue weighted by atomic mass is 33.1. The first-order valence-corrected chi connectivity index (χ1v) is 19.2. The number of hydrogen-bond acceptors (Lipinski definition) is 11. The molecule has 5 N–H and O–H groups in total. The molecule has 7 atom stereocenters. The van der Waals surface area contributed by atoms with E-state index in [0.29, 0.717) is 34.0 Å². The monoisotopic (exact) mass is 696 g/mol. The van der Waals surface area contributed by atoms with Gasteiger partial charge in [0.2, 0.25) is 5.75 Å². The van der Waals surface area contributed by atoms with E-state index in [4.69, 9.17) is 18.9 Å². The summed E-state index contributed by atoms with van der Waals surface area (Å²) in [5.41, 5.74) is 5.07. The van der Waals surface area contributed by atoms with Crippen molar-refractivity contribution in [3.8, 4) is 45.6 Å². The van der Waals surface area contributed by atoms with E-state index >= 15 is 0 Å². The third kappa shape index (κ3) is 5.95. The molecule has 11 heteroatoms. The molecular weight excluding hydrogens is 653 g/mol. The molecule has 258 valence electrons. The lowest BCUT2D eigenvalue weighted by molar-refractivity contribution is 0.00384. The first-order chi connectivity index (χ1) is 23.4. The molecule has 1 saturated carbocycles. The Kier molecular flexibility index (Phi) is 9.86. The second-order valence-electron chi connectivity index (χ2n) is 13.3. The largest absolute Gasteiger partial charge is 0.508 e. The van der Waals surface area contributed by atoms with E-state index in [9.17, 15) is 25.5 Å². The van der Waals surface area contributed by atoms with Crippen LogP contribution in [0.5, 0.6) is 34.5 Å². The molecule has 48 heavy (non-hydrogen) atoms. The molecule has 4 bridgehead atoms. The molecule has 3 aromatic carbocycles. The van der Waals surface area contributed by atoms with Gasteiger partial charge in [-0.25, -0.2) is 0 Å². The number of benzene rings is 3. The molecule has 2 aliphatic heterocycles. The van der Waals surface area contributed by atoms with E-state index in [2.05, 4.69) is 0 Å². The van der Waals surface area contributed by atoms with E-state index in [-0.39, 0.29) is 60.6 Å². The second-order valence-corrected chi connectivity index (χ2v) is 16.0. The maximum Gasteiger partial charge on any atom is 0.200 e. The molecular formula is C37H44O9S2. The Balaban J connectivity index is 1.46. The standard InChI is InChI=1S/C37H44O9S2/c1-43-30-13-20(14-31(44-2)36(30)42)37-35(41)27-18-47-48-22-5-3-4-19(12-22)6-8-23-25-15-21(40)7-9-24(25)32-28(45-11-10-38)16-29(46-37)33(27)34(32)26(23)17-39/h7,9,13-16,19,22-23,26-27,35,37-42H,3-6,8,10-12,17-18H2,1-2H3/t19-,22-,23-,26-,27+,35-,37+/m1/s1. The summed E-state index contributed by atoms with van der Waals surface area (Å²) in [6.07, 6.45) is 4.80. The molecule has 0 amide bonds. The predicted octanol–water partition coefficient (Wildman–Crippen LogP) is 6.64. The number of methoxy groups -OCH3 is 2. The number of rotatable bonds is 7. The van der Waals surface area contributed by atoms with Crippen LogP contribution in [0.4, 0.5) is 0 Å². The van der Waals surface area contributed by atoms with Gasteiger partial charge in [0.1, 0.15) is 30.0 Å². The van der Waals surface area contributed by atoms with Gasteiger partial charge in [-0.3, -0.25) is 0 Å². The second kappa shape index (κ2) is 14.1. The fourth-order valence-electron chi connectivity index (χ4n) is 8.49. The van der Waals surface area contributed by atoms with Crippen molar-refractivity contribution in [3.63, 3.8) is 0 Å². The summed E-state index contributed by atoms with van der Waals surface area (Å²) < 4.78 is 23.9. The van der Waals surface area contributed by atoms with Gasteiger partial charge < -0.3 is 44.5 Å². The number of phenols is 2. The van der Waals surface area contributed by atoms with Crippen LogP contribution in [0.15, 0.2) is 36.4 Å². The summed E-state index contributed by atoms with van der Waals surface area (Å²) in [6.45, 7) is -0.256. The van der Waals surface area contributed by atoms with E-state index in [1.54, 1.807) is 29.0 Å². The van der Waals surface area contributed by atoms with Gasteiger partial charge in [-0.1, -0.05) is 40.5 Å². The van der Waals surface area contributed by atoms with Crippen molar-refractivity contribution in [1.29, 1.82) is 0 Å². The number of fused-ring (bicyclic) bond motifs is 6. The van der Waals surface area contributed by atoms with E-state index in [1.807, 2.05) is 29.0 Å². The highest BCUT2D eigenvalue weighted by Gasteiger charge is 2.46. The average Bonchev–Trinajstić information content (AvgIpc) is 3.10. The summed E-state index contributed by atoms with van der Waals surface area (Å²) in [5, 5.41) is 55.3. The molecule has 1 fully saturated rings. The third-order valence-corrected chi connectivity index (χ3v) is 13.7. The van der Waals surface area contributed by atoms with Crippen molar-refractivity contribution in [2.24, 2.45) is 5.92 Å². The van der Waals surface area contributed by atoms with Crippen LogP contribution < -0.4 is 18.9 Å². The smallest absolute Gasteiger partial charge is 0.200 e. The van der Waals surface area contributed by atoms with Gasteiger partial charge in [-0.2, -0.15) is 0 Å². The molecule has 7 rings (SSSR count). The lowest BCUT2D eigenvalue weighted by Crippen LogP contribution is -2.37. The minimum absolute atomic E-state index is 0.0588. The molecule has 2 aliphatic carbocycles. The minimum Gasteiger partial charge on any atom is -0.508 e. The number of hydrogen-bond donors (Lipinski definition) is 5. The number of aromatic hydroxyl groups is 2. The van der Waals surface area contributed by atoms with Crippen LogP contribution in [-0.2, 0) is 0 Å². The van der Waals surface area contributed by atoms with Crippen LogP contribution >= 0.6 is 21.6 Å². The van der Waals surface area contributed by atoms with Gasteiger partial charge in [-0.05, 0) is 78.5 Å². The zero-order valence-corrected chi connectivity index (χ0v) is 28.9. The highest BCUT2D eigenvalue weighted by molar-refractivity contribution is 8.76. The molecule has 0 spiro atoms. The minimum atomic E-state index is -0.985. The molecule has 0 saturated heterocycles. The van der Waals surface area contributed by atoms with Gasteiger partial charge in [0, 0.05) is 45.6 Å². The fraction of sp³-hybridized carbons (Fsp3) is 0.514. The van der Waals surface area contributed by atoms with Crippen molar-refractivity contribution in [2.45, 2.75) is 73.7 Å². The van der Waals surface area contributed by atoms with Gasteiger partial charge in [-0.15, -0.1) is 0 Å². The summed E-state index contributed by atoms with van der Waals surface area (Å²) in [4.78, 5) is 0. The van der Waals surface area contributed by atoms with E-state index in [1.165, 1.54) is 33.5 Å². The van der Waals surface area contributed by atoms with Crippen molar-refractivity contribution in [3.05, 3.63) is 58.7 Å². The quantitative estimate of drug-likeness (QED) is 0.170. The SMILES string of the molecule is COc1cc([C@@H]2Oc3cc(OCCO)c4c5c3[C@H](CSS[C@@H]3CCC[C@H](CC[C@H](c6cc(O)ccc6-4)[C@H]5CO)C3)[C@H]2O)cc(OC)c1O. The fourth-order valence-corrected chi connectivity index (χ4v) is 11.7. The molecule has 0 radical (unpaired) electrons. The number of ether oxygens (including phenoxy) is 4. The van der Waals surface area contributed by atoms with Gasteiger partial charge >= 0.3 is 0 Å². The molecule has 9 nitrogen and oxygen atoms in total. The zero-order valence-electron chi connectivity index (χ0n) is 27.3. The Bertz CT molecular complexity index is 1620. The van der Waals surface area contributed by atoms with Crippen LogP contribution in [0.25, 0.3) is 11.1 Å². The van der Waals surface area contributed by atoms with Crippen molar-refractivity contribution in [1.82, 2.24) is 0 Å². The topological polar surface area (TPSA) is 138 Å². The number of aliphatic hydroxyl groups is 3. The van der Waals surface area contributed by atoms with Crippen LogP contribution in [0.2, 0.25) is 0 Å². The Morgan fingerprint density at radius 2 is 1.69 bits per heavy atom. The van der Waals surface area contributed by atoms with E-state index < -0.39 is 12.2 Å². The van der Waals surface area contributed by atoms with Crippen LogP contribution in [0.3, 0.4) is 0 Å². The molecule has 2 heterocycles. The van der Waals surface area contributed by atoms with E-state index in [0.717, 1.165) is 47.1 Å². The van der Waals surface area contributed by atoms with Crippen LogP contribution in [0, 0.1) is 5.92 Å². The van der Waals surface area contributed by atoms with Gasteiger partial charge in [0.15, 0.2) is 17.6 Å². The Morgan fingerprint density at radius 1 is 0.896 bits per heavy atom. The number of aliphatic hydroxyl groups excluding tert-OH is 3. The maximum atomic E-state index is 12.3. The van der Waals surface area contributed by atoms with Crippen LogP contribution in [-0.4, -0.2) is 76.7 Å².